The molecule has 0 amide bonds. The number of nitrogens with two attached hydrogens (primary N) is 1. The van der Waals surface area contributed by atoms with E-state index in [4.69, 9.17) is 10.8 Å². The summed E-state index contributed by atoms with van der Waals surface area (Å²) in [6, 6.07) is 4.35. The number of phenolic OH excluding ortho intramolecular Hbond substituents is 1. The predicted molar refractivity (Wildman–Crippen MR) is 46.7 cm³/mol. The molecule has 0 bridgehead atoms. The zero-order valence-electron chi connectivity index (χ0n) is 7.13. The van der Waals surface area contributed by atoms with Crippen LogP contribution in [0.5, 0.6) is 5.75 Å². The van der Waals surface area contributed by atoms with Crippen LogP contribution in [0.4, 0.5) is 10.1 Å². The second kappa shape index (κ2) is 2.66. The van der Waals surface area contributed by atoms with Gasteiger partial charge in [0, 0.05) is 0 Å². The van der Waals surface area contributed by atoms with Crippen LogP contribution < -0.4 is 5.73 Å². The molecule has 0 aliphatic heterocycles. The molecular formula is C9H12FNO. The first kappa shape index (κ1) is 8.84. The van der Waals surface area contributed by atoms with Crippen molar-refractivity contribution in [3.05, 3.63) is 23.8 Å². The second-order valence-electron chi connectivity index (χ2n) is 3.25. The van der Waals surface area contributed by atoms with Crippen molar-refractivity contribution in [2.75, 3.05) is 5.73 Å². The molecule has 0 heterocycles. The van der Waals surface area contributed by atoms with E-state index in [1.54, 1.807) is 0 Å². The Balaban J connectivity index is 3.14. The summed E-state index contributed by atoms with van der Waals surface area (Å²) < 4.78 is 13.3. The number of anilines is 1. The third-order valence-electron chi connectivity index (χ3n) is 1.71. The summed E-state index contributed by atoms with van der Waals surface area (Å²) in [5, 5.41) is 9.06. The summed E-state index contributed by atoms with van der Waals surface area (Å²) in [5.74, 6) is -0.0111. The highest BCUT2D eigenvalue weighted by Gasteiger charge is 2.19. The molecule has 2 nitrogen and oxygen atoms in total. The van der Waals surface area contributed by atoms with Crippen LogP contribution >= 0.6 is 0 Å². The largest absolute Gasteiger partial charge is 0.506 e. The van der Waals surface area contributed by atoms with Crippen LogP contribution in [0.2, 0.25) is 0 Å². The average molecular weight is 169 g/mol. The van der Waals surface area contributed by atoms with Crippen molar-refractivity contribution in [1.29, 1.82) is 0 Å². The van der Waals surface area contributed by atoms with Crippen LogP contribution in [0.3, 0.4) is 0 Å². The van der Waals surface area contributed by atoms with Gasteiger partial charge in [-0.3, -0.25) is 0 Å². The number of benzene rings is 1. The molecule has 12 heavy (non-hydrogen) atoms. The van der Waals surface area contributed by atoms with E-state index >= 15 is 0 Å². The number of hydrogen-bond donors (Lipinski definition) is 2. The molecule has 0 saturated carbocycles. The highest BCUT2D eigenvalue weighted by molar-refractivity contribution is 5.54. The van der Waals surface area contributed by atoms with Crippen molar-refractivity contribution in [3.8, 4) is 5.75 Å². The van der Waals surface area contributed by atoms with Gasteiger partial charge in [0.25, 0.3) is 0 Å². The van der Waals surface area contributed by atoms with E-state index in [0.717, 1.165) is 0 Å². The smallest absolute Gasteiger partial charge is 0.138 e. The van der Waals surface area contributed by atoms with Crippen molar-refractivity contribution in [1.82, 2.24) is 0 Å². The quantitative estimate of drug-likeness (QED) is 0.500. The monoisotopic (exact) mass is 169 g/mol. The van der Waals surface area contributed by atoms with Crippen LogP contribution in [0, 0.1) is 0 Å². The van der Waals surface area contributed by atoms with Crippen molar-refractivity contribution >= 4 is 5.69 Å². The number of aromatic hydroxyl groups is 1. The van der Waals surface area contributed by atoms with E-state index in [-0.39, 0.29) is 11.4 Å². The Labute approximate surface area is 70.8 Å². The number of rotatable bonds is 1. The molecular weight excluding hydrogens is 157 g/mol. The molecule has 0 aliphatic carbocycles. The third-order valence-corrected chi connectivity index (χ3v) is 1.71. The molecule has 0 unspecified atom stereocenters. The maximum atomic E-state index is 13.3. The molecule has 0 fully saturated rings. The first-order chi connectivity index (χ1) is 5.41. The van der Waals surface area contributed by atoms with Gasteiger partial charge in [0.2, 0.25) is 0 Å². The van der Waals surface area contributed by atoms with Crippen LogP contribution in [0.1, 0.15) is 19.4 Å². The number of hydrogen-bond acceptors (Lipinski definition) is 2. The maximum Gasteiger partial charge on any atom is 0.138 e. The normalized spacial score (nSPS) is 11.6. The van der Waals surface area contributed by atoms with Gasteiger partial charge in [-0.25, -0.2) is 4.39 Å². The van der Waals surface area contributed by atoms with Crippen molar-refractivity contribution in [2.24, 2.45) is 0 Å². The Bertz CT molecular complexity index is 291. The van der Waals surface area contributed by atoms with Gasteiger partial charge in [-0.05, 0) is 31.5 Å². The number of alkyl halides is 1. The zero-order chi connectivity index (χ0) is 9.35. The fourth-order valence-corrected chi connectivity index (χ4v) is 0.924. The van der Waals surface area contributed by atoms with E-state index in [1.807, 2.05) is 0 Å². The van der Waals surface area contributed by atoms with Gasteiger partial charge in [-0.15, -0.1) is 0 Å². The van der Waals surface area contributed by atoms with Gasteiger partial charge < -0.3 is 10.8 Å². The van der Waals surface area contributed by atoms with Crippen molar-refractivity contribution < 1.29 is 9.50 Å². The van der Waals surface area contributed by atoms with Crippen LogP contribution in [0.15, 0.2) is 18.2 Å². The number of phenols is 1. The highest BCUT2D eigenvalue weighted by atomic mass is 19.1. The Morgan fingerprint density at radius 2 is 2.00 bits per heavy atom. The Morgan fingerprint density at radius 3 is 2.42 bits per heavy atom. The van der Waals surface area contributed by atoms with E-state index in [1.165, 1.54) is 32.0 Å². The zero-order valence-corrected chi connectivity index (χ0v) is 7.13. The first-order valence-corrected chi connectivity index (χ1v) is 3.69. The topological polar surface area (TPSA) is 46.2 Å². The van der Waals surface area contributed by atoms with E-state index in [9.17, 15) is 4.39 Å². The molecule has 1 aromatic rings. The van der Waals surface area contributed by atoms with Gasteiger partial charge in [-0.1, -0.05) is 6.07 Å². The minimum absolute atomic E-state index is 0.0111. The molecule has 0 atom stereocenters. The van der Waals surface area contributed by atoms with Crippen LogP contribution in [-0.4, -0.2) is 5.11 Å². The number of halogens is 1. The van der Waals surface area contributed by atoms with Crippen LogP contribution in [-0.2, 0) is 5.67 Å². The van der Waals surface area contributed by atoms with E-state index < -0.39 is 5.67 Å². The van der Waals surface area contributed by atoms with E-state index in [2.05, 4.69) is 0 Å². The summed E-state index contributed by atoms with van der Waals surface area (Å²) in [4.78, 5) is 0. The summed E-state index contributed by atoms with van der Waals surface area (Å²) >= 11 is 0. The molecule has 0 radical (unpaired) electrons. The fourth-order valence-electron chi connectivity index (χ4n) is 0.924. The molecule has 0 saturated heterocycles. The lowest BCUT2D eigenvalue weighted by Crippen LogP contribution is -2.09. The fraction of sp³-hybridized carbons (Fsp3) is 0.333. The maximum absolute atomic E-state index is 13.3. The first-order valence-electron chi connectivity index (χ1n) is 3.69. The Hall–Kier alpha value is -1.25. The van der Waals surface area contributed by atoms with Crippen molar-refractivity contribution in [2.45, 2.75) is 19.5 Å². The molecule has 0 spiro atoms. The van der Waals surface area contributed by atoms with Crippen molar-refractivity contribution in [3.63, 3.8) is 0 Å². The predicted octanol–water partition coefficient (Wildman–Crippen LogP) is 2.18. The molecule has 0 aromatic heterocycles. The summed E-state index contributed by atoms with van der Waals surface area (Å²) in [6.07, 6.45) is 0. The molecule has 3 heteroatoms. The molecule has 66 valence electrons. The van der Waals surface area contributed by atoms with Gasteiger partial charge >= 0.3 is 0 Å². The Kier molecular flexibility index (Phi) is 1.96. The number of nitrogen functional groups attached to an aromatic ring is 1. The summed E-state index contributed by atoms with van der Waals surface area (Å²) in [7, 11) is 0. The molecule has 0 aliphatic rings. The third kappa shape index (κ3) is 1.67. The minimum atomic E-state index is -1.41. The van der Waals surface area contributed by atoms with Gasteiger partial charge in [-0.2, -0.15) is 0 Å². The SMILES string of the molecule is CC(C)(F)c1ccc(O)c(N)c1. The summed E-state index contributed by atoms with van der Waals surface area (Å²) in [5.41, 5.74) is 4.66. The lowest BCUT2D eigenvalue weighted by Gasteiger charge is -2.15. The average Bonchev–Trinajstić information content (AvgIpc) is 1.92. The molecule has 1 rings (SSSR count). The van der Waals surface area contributed by atoms with Gasteiger partial charge in [0.05, 0.1) is 5.69 Å². The standard InChI is InChI=1S/C9H12FNO/c1-9(2,10)6-3-4-8(12)7(11)5-6/h3-5,12H,11H2,1-2H3. The van der Waals surface area contributed by atoms with Gasteiger partial charge in [0.1, 0.15) is 11.4 Å². The highest BCUT2D eigenvalue weighted by Crippen LogP contribution is 2.29. The molecule has 1 aromatic carbocycles. The van der Waals surface area contributed by atoms with E-state index in [0.29, 0.717) is 5.56 Å². The molecule has 3 N–H and O–H groups in total. The van der Waals surface area contributed by atoms with Gasteiger partial charge in [0.15, 0.2) is 0 Å². The minimum Gasteiger partial charge on any atom is -0.506 e. The lowest BCUT2D eigenvalue weighted by atomic mass is 10.00. The Morgan fingerprint density at radius 1 is 1.42 bits per heavy atom. The second-order valence-corrected chi connectivity index (χ2v) is 3.25. The summed E-state index contributed by atoms with van der Waals surface area (Å²) in [6.45, 7) is 2.89. The van der Waals surface area contributed by atoms with Crippen LogP contribution in [0.25, 0.3) is 0 Å². The lowest BCUT2D eigenvalue weighted by molar-refractivity contribution is 0.221.